The summed E-state index contributed by atoms with van der Waals surface area (Å²) >= 11 is 0. The predicted octanol–water partition coefficient (Wildman–Crippen LogP) is 1.15. The van der Waals surface area contributed by atoms with Gasteiger partial charge in [0.2, 0.25) is 0 Å². The van der Waals surface area contributed by atoms with Crippen molar-refractivity contribution in [2.45, 2.75) is 38.7 Å². The summed E-state index contributed by atoms with van der Waals surface area (Å²) in [7, 11) is 0. The molecule has 1 rings (SSSR count). The van der Waals surface area contributed by atoms with Crippen LogP contribution in [0.1, 0.15) is 33.1 Å². The van der Waals surface area contributed by atoms with E-state index in [1.165, 1.54) is 6.42 Å². The Morgan fingerprint density at radius 2 is 2.27 bits per heavy atom. The van der Waals surface area contributed by atoms with E-state index in [1.807, 2.05) is 13.8 Å². The van der Waals surface area contributed by atoms with E-state index in [9.17, 15) is 5.11 Å². The fourth-order valence-corrected chi connectivity index (χ4v) is 1.52. The highest BCUT2D eigenvalue weighted by atomic mass is 16.3. The Balaban J connectivity index is 2.11. The monoisotopic (exact) mass is 157 g/mol. The molecule has 1 heterocycles. The summed E-state index contributed by atoms with van der Waals surface area (Å²) in [6.07, 6.45) is 3.38. The van der Waals surface area contributed by atoms with Crippen LogP contribution in [0.5, 0.6) is 0 Å². The molecule has 1 unspecified atom stereocenters. The SMILES string of the molecule is CC(C)(O)CCC1CCNC1. The standard InChI is InChI=1S/C9H19NO/c1-9(2,11)5-3-8-4-6-10-7-8/h8,10-11H,3-7H2,1-2H3. The second-order valence-corrected chi connectivity index (χ2v) is 4.21. The summed E-state index contributed by atoms with van der Waals surface area (Å²) in [4.78, 5) is 0. The van der Waals surface area contributed by atoms with Gasteiger partial charge in [0.1, 0.15) is 0 Å². The molecule has 2 nitrogen and oxygen atoms in total. The Labute approximate surface area is 69.0 Å². The highest BCUT2D eigenvalue weighted by molar-refractivity contribution is 4.74. The van der Waals surface area contributed by atoms with Crippen LogP contribution in [0.4, 0.5) is 0 Å². The van der Waals surface area contributed by atoms with Crippen molar-refractivity contribution in [3.05, 3.63) is 0 Å². The molecule has 0 radical (unpaired) electrons. The maximum atomic E-state index is 9.46. The zero-order valence-electron chi connectivity index (χ0n) is 7.56. The lowest BCUT2D eigenvalue weighted by atomic mass is 9.95. The smallest absolute Gasteiger partial charge is 0.0591 e. The van der Waals surface area contributed by atoms with E-state index in [0.29, 0.717) is 0 Å². The quantitative estimate of drug-likeness (QED) is 0.644. The second-order valence-electron chi connectivity index (χ2n) is 4.21. The molecule has 0 amide bonds. The number of hydrogen-bond donors (Lipinski definition) is 2. The van der Waals surface area contributed by atoms with Crippen LogP contribution in [0.25, 0.3) is 0 Å². The predicted molar refractivity (Wildman–Crippen MR) is 46.5 cm³/mol. The molecule has 0 spiro atoms. The van der Waals surface area contributed by atoms with Gasteiger partial charge >= 0.3 is 0 Å². The average molecular weight is 157 g/mol. The van der Waals surface area contributed by atoms with Gasteiger partial charge in [-0.15, -0.1) is 0 Å². The zero-order chi connectivity index (χ0) is 8.32. The fourth-order valence-electron chi connectivity index (χ4n) is 1.52. The van der Waals surface area contributed by atoms with Crippen LogP contribution in [-0.2, 0) is 0 Å². The Morgan fingerprint density at radius 3 is 2.73 bits per heavy atom. The number of aliphatic hydroxyl groups is 1. The van der Waals surface area contributed by atoms with Gasteiger partial charge in [-0.25, -0.2) is 0 Å². The van der Waals surface area contributed by atoms with E-state index >= 15 is 0 Å². The van der Waals surface area contributed by atoms with E-state index < -0.39 is 5.60 Å². The lowest BCUT2D eigenvalue weighted by Gasteiger charge is -2.18. The van der Waals surface area contributed by atoms with Crippen molar-refractivity contribution in [2.75, 3.05) is 13.1 Å². The first-order valence-corrected chi connectivity index (χ1v) is 4.51. The molecular weight excluding hydrogens is 138 g/mol. The number of hydrogen-bond acceptors (Lipinski definition) is 2. The maximum absolute atomic E-state index is 9.46. The third-order valence-electron chi connectivity index (χ3n) is 2.33. The Morgan fingerprint density at radius 1 is 1.55 bits per heavy atom. The molecule has 11 heavy (non-hydrogen) atoms. The van der Waals surface area contributed by atoms with Crippen LogP contribution >= 0.6 is 0 Å². The summed E-state index contributed by atoms with van der Waals surface area (Å²) < 4.78 is 0. The molecule has 1 saturated heterocycles. The van der Waals surface area contributed by atoms with Crippen molar-refractivity contribution in [3.63, 3.8) is 0 Å². The minimum atomic E-state index is -0.470. The molecule has 1 fully saturated rings. The largest absolute Gasteiger partial charge is 0.390 e. The summed E-state index contributed by atoms with van der Waals surface area (Å²) in [6.45, 7) is 6.08. The minimum Gasteiger partial charge on any atom is -0.390 e. The molecule has 0 aliphatic carbocycles. The highest BCUT2D eigenvalue weighted by Crippen LogP contribution is 2.19. The summed E-state index contributed by atoms with van der Waals surface area (Å²) in [5.41, 5.74) is -0.470. The first-order valence-electron chi connectivity index (χ1n) is 4.51. The third-order valence-corrected chi connectivity index (χ3v) is 2.33. The van der Waals surface area contributed by atoms with Crippen LogP contribution < -0.4 is 5.32 Å². The van der Waals surface area contributed by atoms with Crippen LogP contribution in [0.15, 0.2) is 0 Å². The molecule has 0 bridgehead atoms. The van der Waals surface area contributed by atoms with Gasteiger partial charge in [-0.05, 0) is 52.1 Å². The fraction of sp³-hybridized carbons (Fsp3) is 1.00. The van der Waals surface area contributed by atoms with E-state index in [0.717, 1.165) is 31.8 Å². The van der Waals surface area contributed by atoms with Gasteiger partial charge < -0.3 is 10.4 Å². The van der Waals surface area contributed by atoms with Gasteiger partial charge in [0.25, 0.3) is 0 Å². The Kier molecular flexibility index (Phi) is 2.90. The number of nitrogens with one attached hydrogen (secondary N) is 1. The molecule has 2 N–H and O–H groups in total. The van der Waals surface area contributed by atoms with Crippen molar-refractivity contribution in [3.8, 4) is 0 Å². The summed E-state index contributed by atoms with van der Waals surface area (Å²) in [6, 6.07) is 0. The van der Waals surface area contributed by atoms with Crippen LogP contribution in [0.3, 0.4) is 0 Å². The molecule has 1 aliphatic rings. The molecule has 0 aromatic rings. The first kappa shape index (κ1) is 9.01. The van der Waals surface area contributed by atoms with Gasteiger partial charge in [0.15, 0.2) is 0 Å². The topological polar surface area (TPSA) is 32.3 Å². The van der Waals surface area contributed by atoms with Crippen molar-refractivity contribution < 1.29 is 5.11 Å². The van der Waals surface area contributed by atoms with Gasteiger partial charge in [0.05, 0.1) is 5.60 Å². The Bertz CT molecular complexity index is 111. The maximum Gasteiger partial charge on any atom is 0.0591 e. The lowest BCUT2D eigenvalue weighted by Crippen LogP contribution is -2.20. The molecule has 0 saturated carbocycles. The van der Waals surface area contributed by atoms with Gasteiger partial charge in [-0.2, -0.15) is 0 Å². The van der Waals surface area contributed by atoms with Crippen LogP contribution in [-0.4, -0.2) is 23.8 Å². The molecule has 1 aliphatic heterocycles. The van der Waals surface area contributed by atoms with Gasteiger partial charge in [0, 0.05) is 0 Å². The average Bonchev–Trinajstić information content (AvgIpc) is 2.32. The van der Waals surface area contributed by atoms with E-state index in [1.54, 1.807) is 0 Å². The van der Waals surface area contributed by atoms with E-state index in [-0.39, 0.29) is 0 Å². The number of rotatable bonds is 3. The van der Waals surface area contributed by atoms with Crippen molar-refractivity contribution in [1.29, 1.82) is 0 Å². The van der Waals surface area contributed by atoms with Crippen LogP contribution in [0, 0.1) is 5.92 Å². The molecule has 66 valence electrons. The van der Waals surface area contributed by atoms with Crippen molar-refractivity contribution >= 4 is 0 Å². The molecule has 0 aromatic carbocycles. The molecule has 1 atom stereocenters. The summed E-state index contributed by atoms with van der Waals surface area (Å²) in [5, 5.41) is 12.8. The molecule has 2 heteroatoms. The molecule has 0 aromatic heterocycles. The normalized spacial score (nSPS) is 25.9. The summed E-state index contributed by atoms with van der Waals surface area (Å²) in [5.74, 6) is 0.807. The van der Waals surface area contributed by atoms with Crippen molar-refractivity contribution in [1.82, 2.24) is 5.32 Å². The Hall–Kier alpha value is -0.0800. The van der Waals surface area contributed by atoms with Crippen LogP contribution in [0.2, 0.25) is 0 Å². The third kappa shape index (κ3) is 3.73. The van der Waals surface area contributed by atoms with E-state index in [2.05, 4.69) is 5.32 Å². The van der Waals surface area contributed by atoms with Gasteiger partial charge in [-0.3, -0.25) is 0 Å². The van der Waals surface area contributed by atoms with E-state index in [4.69, 9.17) is 0 Å². The van der Waals surface area contributed by atoms with Crippen molar-refractivity contribution in [2.24, 2.45) is 5.92 Å². The second kappa shape index (κ2) is 3.55. The van der Waals surface area contributed by atoms with Gasteiger partial charge in [-0.1, -0.05) is 0 Å². The highest BCUT2D eigenvalue weighted by Gasteiger charge is 2.18. The zero-order valence-corrected chi connectivity index (χ0v) is 7.56. The first-order chi connectivity index (χ1) is 5.08. The minimum absolute atomic E-state index is 0.470. The molecular formula is C9H19NO. The lowest BCUT2D eigenvalue weighted by molar-refractivity contribution is 0.0644.